The Hall–Kier alpha value is -3.37. The normalized spacial score (nSPS) is 11.9. The number of hydrogen-bond donors (Lipinski definition) is 3. The van der Waals surface area contributed by atoms with Gasteiger partial charge >= 0.3 is 16.1 Å². The van der Waals surface area contributed by atoms with Crippen molar-refractivity contribution in [1.82, 2.24) is 4.98 Å². The van der Waals surface area contributed by atoms with Gasteiger partial charge in [-0.2, -0.15) is 8.42 Å². The van der Waals surface area contributed by atoms with Crippen molar-refractivity contribution >= 4 is 38.4 Å². The molecule has 0 saturated heterocycles. The third-order valence-electron chi connectivity index (χ3n) is 3.44. The fourth-order valence-corrected chi connectivity index (χ4v) is 2.84. The highest BCUT2D eigenvalue weighted by molar-refractivity contribution is 7.85. The predicted molar refractivity (Wildman–Crippen MR) is 90.8 cm³/mol. The minimum atomic E-state index is -4.81. The van der Waals surface area contributed by atoms with Crippen LogP contribution in [0.4, 0.5) is 11.4 Å². The lowest BCUT2D eigenvalue weighted by Crippen LogP contribution is -2.02. The zero-order chi connectivity index (χ0) is 18.9. The van der Waals surface area contributed by atoms with E-state index in [0.717, 1.165) is 0 Å². The molecule has 0 aliphatic carbocycles. The Balaban J connectivity index is 2.25. The van der Waals surface area contributed by atoms with Crippen LogP contribution >= 0.6 is 0 Å². The molecular formula is C16H11N3O6S. The van der Waals surface area contributed by atoms with Crippen molar-refractivity contribution < 1.29 is 28.0 Å². The van der Waals surface area contributed by atoms with Gasteiger partial charge < -0.3 is 10.2 Å². The zero-order valence-electron chi connectivity index (χ0n) is 12.9. The topological polar surface area (TPSA) is 150 Å². The third-order valence-corrected chi connectivity index (χ3v) is 4.22. The molecule has 0 bridgehead atoms. The largest absolute Gasteiger partial charge is 0.503 e. The van der Waals surface area contributed by atoms with Gasteiger partial charge in [-0.25, -0.2) is 9.78 Å². The SMILES string of the molecule is O=C(O)c1ccccc1N=Nc1c(O)c(S(=O)(=O)O)nc2ccccc12. The summed E-state index contributed by atoms with van der Waals surface area (Å²) in [7, 11) is -4.81. The molecule has 0 aliphatic rings. The van der Waals surface area contributed by atoms with E-state index in [1.54, 1.807) is 18.2 Å². The van der Waals surface area contributed by atoms with Gasteiger partial charge in [-0.1, -0.05) is 30.3 Å². The molecule has 10 heteroatoms. The van der Waals surface area contributed by atoms with Crippen molar-refractivity contribution in [2.75, 3.05) is 0 Å². The summed E-state index contributed by atoms with van der Waals surface area (Å²) < 4.78 is 32.2. The summed E-state index contributed by atoms with van der Waals surface area (Å²) in [6.07, 6.45) is 0. The van der Waals surface area contributed by atoms with Crippen molar-refractivity contribution in [2.45, 2.75) is 5.03 Å². The lowest BCUT2D eigenvalue weighted by Gasteiger charge is -2.07. The van der Waals surface area contributed by atoms with Crippen LogP contribution in [0, 0.1) is 0 Å². The zero-order valence-corrected chi connectivity index (χ0v) is 13.8. The maximum Gasteiger partial charge on any atom is 0.337 e. The summed E-state index contributed by atoms with van der Waals surface area (Å²) in [6, 6.07) is 12.0. The quantitative estimate of drug-likeness (QED) is 0.469. The van der Waals surface area contributed by atoms with Crippen molar-refractivity contribution in [1.29, 1.82) is 0 Å². The Kier molecular flexibility index (Phi) is 4.36. The Morgan fingerprint density at radius 3 is 2.35 bits per heavy atom. The second-order valence-corrected chi connectivity index (χ2v) is 6.47. The average molecular weight is 373 g/mol. The van der Waals surface area contributed by atoms with Gasteiger partial charge in [-0.05, 0) is 18.2 Å². The van der Waals surface area contributed by atoms with Crippen LogP contribution in [0.5, 0.6) is 5.75 Å². The van der Waals surface area contributed by atoms with Crippen LogP contribution in [0.25, 0.3) is 10.9 Å². The van der Waals surface area contributed by atoms with Crippen LogP contribution in [0.15, 0.2) is 63.8 Å². The molecule has 0 amide bonds. The molecule has 3 rings (SSSR count). The molecule has 0 aliphatic heterocycles. The Labute approximate surface area is 147 Å². The van der Waals surface area contributed by atoms with Crippen molar-refractivity contribution in [3.05, 3.63) is 54.1 Å². The van der Waals surface area contributed by atoms with E-state index in [2.05, 4.69) is 15.2 Å². The monoisotopic (exact) mass is 373 g/mol. The lowest BCUT2D eigenvalue weighted by molar-refractivity contribution is 0.0697. The molecule has 3 aromatic rings. The first-order chi connectivity index (χ1) is 12.3. The number of aromatic carboxylic acids is 1. The van der Waals surface area contributed by atoms with E-state index >= 15 is 0 Å². The van der Waals surface area contributed by atoms with E-state index in [4.69, 9.17) is 5.11 Å². The second kappa shape index (κ2) is 6.50. The van der Waals surface area contributed by atoms with Crippen molar-refractivity contribution in [3.63, 3.8) is 0 Å². The van der Waals surface area contributed by atoms with Crippen LogP contribution in [0.3, 0.4) is 0 Å². The van der Waals surface area contributed by atoms with E-state index in [0.29, 0.717) is 0 Å². The number of fused-ring (bicyclic) bond motifs is 1. The van der Waals surface area contributed by atoms with E-state index in [9.17, 15) is 22.9 Å². The predicted octanol–water partition coefficient (Wildman–Crippen LogP) is 3.30. The number of azo groups is 1. The minimum Gasteiger partial charge on any atom is -0.503 e. The summed E-state index contributed by atoms with van der Waals surface area (Å²) in [6.45, 7) is 0. The highest BCUT2D eigenvalue weighted by Crippen LogP contribution is 2.39. The van der Waals surface area contributed by atoms with Gasteiger partial charge in [-0.15, -0.1) is 10.2 Å². The molecule has 26 heavy (non-hydrogen) atoms. The number of aromatic hydroxyl groups is 1. The van der Waals surface area contributed by atoms with Crippen LogP contribution < -0.4 is 0 Å². The number of rotatable bonds is 4. The molecule has 0 atom stereocenters. The van der Waals surface area contributed by atoms with Gasteiger partial charge in [0.05, 0.1) is 11.1 Å². The molecule has 9 nitrogen and oxygen atoms in total. The molecule has 2 aromatic carbocycles. The molecule has 1 aromatic heterocycles. The smallest absolute Gasteiger partial charge is 0.337 e. The first kappa shape index (κ1) is 17.5. The molecule has 3 N–H and O–H groups in total. The van der Waals surface area contributed by atoms with E-state index in [1.807, 2.05) is 0 Å². The highest BCUT2D eigenvalue weighted by atomic mass is 32.2. The number of carbonyl (C=O) groups is 1. The lowest BCUT2D eigenvalue weighted by atomic mass is 10.2. The van der Waals surface area contributed by atoms with Crippen LogP contribution in [0.2, 0.25) is 0 Å². The van der Waals surface area contributed by atoms with Crippen molar-refractivity contribution in [3.8, 4) is 5.75 Å². The molecule has 0 unspecified atom stereocenters. The highest BCUT2D eigenvalue weighted by Gasteiger charge is 2.23. The number of nitrogens with zero attached hydrogens (tertiary/aromatic N) is 3. The second-order valence-electron chi connectivity index (χ2n) is 5.13. The van der Waals surface area contributed by atoms with Crippen LogP contribution in [-0.2, 0) is 10.1 Å². The molecule has 0 fully saturated rings. The summed E-state index contributed by atoms with van der Waals surface area (Å²) in [4.78, 5) is 14.9. The number of pyridine rings is 1. The van der Waals surface area contributed by atoms with Crippen LogP contribution in [-0.4, -0.2) is 34.1 Å². The first-order valence-corrected chi connectivity index (χ1v) is 8.56. The standard InChI is InChI=1S/C16H11N3O6S/c20-14-13(19-18-12-8-4-2-6-10(12)16(21)22)9-5-1-3-7-11(9)17-15(14)26(23,24)25/h1-8,20H,(H,21,22)(H,23,24,25). The van der Waals surface area contributed by atoms with E-state index in [-0.39, 0.29) is 27.8 Å². The number of carboxylic acid groups (broad SMARTS) is 1. The Morgan fingerprint density at radius 1 is 1.00 bits per heavy atom. The fourth-order valence-electron chi connectivity index (χ4n) is 2.29. The molecule has 0 saturated carbocycles. The summed E-state index contributed by atoms with van der Waals surface area (Å²) in [5.74, 6) is -2.11. The number of benzene rings is 2. The van der Waals surface area contributed by atoms with Crippen molar-refractivity contribution in [2.24, 2.45) is 10.2 Å². The van der Waals surface area contributed by atoms with Gasteiger partial charge in [0.2, 0.25) is 5.03 Å². The Morgan fingerprint density at radius 2 is 1.65 bits per heavy atom. The number of hydrogen-bond acceptors (Lipinski definition) is 7. The summed E-state index contributed by atoms with van der Waals surface area (Å²) in [5, 5.41) is 26.3. The number of aromatic nitrogens is 1. The number of carboxylic acids is 1. The Bertz CT molecular complexity index is 1160. The minimum absolute atomic E-state index is 0.00805. The third kappa shape index (κ3) is 3.23. The maximum atomic E-state index is 11.5. The number of para-hydroxylation sites is 1. The van der Waals surface area contributed by atoms with Gasteiger partial charge in [0.1, 0.15) is 11.4 Å². The molecular weight excluding hydrogens is 362 g/mol. The van der Waals surface area contributed by atoms with Gasteiger partial charge in [0.15, 0.2) is 5.75 Å². The average Bonchev–Trinajstić information content (AvgIpc) is 2.59. The van der Waals surface area contributed by atoms with E-state index < -0.39 is 26.9 Å². The van der Waals surface area contributed by atoms with Gasteiger partial charge in [-0.3, -0.25) is 4.55 Å². The van der Waals surface area contributed by atoms with Gasteiger partial charge in [0, 0.05) is 5.39 Å². The van der Waals surface area contributed by atoms with Gasteiger partial charge in [0.25, 0.3) is 0 Å². The van der Waals surface area contributed by atoms with E-state index in [1.165, 1.54) is 30.3 Å². The molecule has 0 spiro atoms. The molecule has 132 valence electrons. The molecule has 1 heterocycles. The summed E-state index contributed by atoms with van der Waals surface area (Å²) in [5.41, 5.74) is -0.223. The summed E-state index contributed by atoms with van der Waals surface area (Å²) >= 11 is 0. The maximum absolute atomic E-state index is 11.5. The fraction of sp³-hybridized carbons (Fsp3) is 0. The first-order valence-electron chi connectivity index (χ1n) is 7.12. The van der Waals surface area contributed by atoms with Crippen LogP contribution in [0.1, 0.15) is 10.4 Å². The molecule has 0 radical (unpaired) electrons.